The highest BCUT2D eigenvalue weighted by Gasteiger charge is 2.42. The van der Waals surface area contributed by atoms with E-state index in [-0.39, 0.29) is 35.5 Å². The first-order valence-electron chi connectivity index (χ1n) is 11.7. The number of nitrogens with one attached hydrogen (secondary N) is 2. The van der Waals surface area contributed by atoms with E-state index < -0.39 is 5.97 Å². The summed E-state index contributed by atoms with van der Waals surface area (Å²) in [5.74, 6) is -0.0528. The molecular weight excluding hydrogens is 428 g/mol. The van der Waals surface area contributed by atoms with Crippen LogP contribution in [0.2, 0.25) is 0 Å². The highest BCUT2D eigenvalue weighted by molar-refractivity contribution is 6.01. The number of fused-ring (bicyclic) bond motifs is 1. The van der Waals surface area contributed by atoms with Gasteiger partial charge in [0.2, 0.25) is 5.91 Å². The Bertz CT molecular complexity index is 1260. The molecule has 1 atom stereocenters. The summed E-state index contributed by atoms with van der Waals surface area (Å²) in [7, 11) is 1.29. The Labute approximate surface area is 198 Å². The second-order valence-electron chi connectivity index (χ2n) is 9.29. The van der Waals surface area contributed by atoms with E-state index in [1.54, 1.807) is 6.92 Å². The third-order valence-corrected chi connectivity index (χ3v) is 7.39. The predicted molar refractivity (Wildman–Crippen MR) is 128 cm³/mol. The van der Waals surface area contributed by atoms with Crippen LogP contribution >= 0.6 is 0 Å². The van der Waals surface area contributed by atoms with Crippen molar-refractivity contribution in [1.82, 2.24) is 10.3 Å². The van der Waals surface area contributed by atoms with Crippen molar-refractivity contribution in [3.8, 4) is 0 Å². The SMILES string of the molecule is COC(=O)c1c(CC(=O)NCC2CC3c4ccccc4C2c2ccccc23)[nH]c(C(C)=O)c1C. The summed E-state index contributed by atoms with van der Waals surface area (Å²) in [5, 5.41) is 3.09. The number of carbonyl (C=O) groups is 3. The second-order valence-corrected chi connectivity index (χ2v) is 9.29. The van der Waals surface area contributed by atoms with E-state index in [1.165, 1.54) is 36.3 Å². The summed E-state index contributed by atoms with van der Waals surface area (Å²) in [4.78, 5) is 40.2. The fourth-order valence-corrected chi connectivity index (χ4v) is 5.95. The van der Waals surface area contributed by atoms with Gasteiger partial charge in [-0.15, -0.1) is 0 Å². The lowest BCUT2D eigenvalue weighted by Gasteiger charge is -2.45. The van der Waals surface area contributed by atoms with Crippen molar-refractivity contribution >= 4 is 17.7 Å². The van der Waals surface area contributed by atoms with Gasteiger partial charge in [0.05, 0.1) is 24.8 Å². The number of amides is 1. The molecule has 0 fully saturated rings. The number of carbonyl (C=O) groups excluding carboxylic acids is 3. The predicted octanol–water partition coefficient (Wildman–Crippen LogP) is 4.27. The number of rotatable bonds is 6. The van der Waals surface area contributed by atoms with Gasteiger partial charge in [-0.3, -0.25) is 9.59 Å². The first kappa shape index (κ1) is 22.1. The zero-order chi connectivity index (χ0) is 24.0. The molecule has 0 radical (unpaired) electrons. The molecule has 2 aromatic carbocycles. The van der Waals surface area contributed by atoms with Gasteiger partial charge in [0.15, 0.2) is 5.78 Å². The number of methoxy groups -OCH3 is 1. The normalized spacial score (nSPS) is 19.8. The molecule has 0 spiro atoms. The number of ketones is 1. The minimum Gasteiger partial charge on any atom is -0.465 e. The fourth-order valence-electron chi connectivity index (χ4n) is 5.95. The number of aromatic nitrogens is 1. The van der Waals surface area contributed by atoms with Gasteiger partial charge >= 0.3 is 5.97 Å². The van der Waals surface area contributed by atoms with E-state index in [0.29, 0.717) is 29.4 Å². The van der Waals surface area contributed by atoms with Crippen LogP contribution in [-0.4, -0.2) is 36.3 Å². The van der Waals surface area contributed by atoms with Gasteiger partial charge in [0.1, 0.15) is 0 Å². The molecule has 6 heteroatoms. The minimum absolute atomic E-state index is 0.0213. The molecule has 1 amide bonds. The van der Waals surface area contributed by atoms with Crippen molar-refractivity contribution in [2.75, 3.05) is 13.7 Å². The quantitative estimate of drug-likeness (QED) is 0.428. The smallest absolute Gasteiger partial charge is 0.339 e. The molecule has 1 aromatic heterocycles. The molecule has 34 heavy (non-hydrogen) atoms. The van der Waals surface area contributed by atoms with Crippen LogP contribution in [0.25, 0.3) is 0 Å². The Hall–Kier alpha value is -3.67. The van der Waals surface area contributed by atoms with Crippen molar-refractivity contribution in [2.24, 2.45) is 5.92 Å². The fraction of sp³-hybridized carbons (Fsp3) is 0.321. The van der Waals surface area contributed by atoms with E-state index >= 15 is 0 Å². The second kappa shape index (κ2) is 8.60. The van der Waals surface area contributed by atoms with Crippen molar-refractivity contribution < 1.29 is 19.1 Å². The van der Waals surface area contributed by atoms with Crippen molar-refractivity contribution in [1.29, 1.82) is 0 Å². The molecule has 1 heterocycles. The number of hydrogen-bond donors (Lipinski definition) is 2. The van der Waals surface area contributed by atoms with Crippen molar-refractivity contribution in [3.05, 3.63) is 93.3 Å². The zero-order valence-electron chi connectivity index (χ0n) is 19.6. The maximum absolute atomic E-state index is 12.9. The van der Waals surface area contributed by atoms with Gasteiger partial charge < -0.3 is 15.0 Å². The summed E-state index contributed by atoms with van der Waals surface area (Å²) in [5.41, 5.74) is 7.04. The Morgan fingerprint density at radius 2 is 1.59 bits per heavy atom. The number of benzene rings is 2. The number of hydrogen-bond acceptors (Lipinski definition) is 4. The Balaban J connectivity index is 1.35. The maximum Gasteiger partial charge on any atom is 0.339 e. The highest BCUT2D eigenvalue weighted by atomic mass is 16.5. The summed E-state index contributed by atoms with van der Waals surface area (Å²) in [6.07, 6.45) is 0.967. The molecule has 2 N–H and O–H groups in total. The van der Waals surface area contributed by atoms with Gasteiger partial charge in [-0.2, -0.15) is 0 Å². The largest absolute Gasteiger partial charge is 0.465 e. The number of Topliss-reactive ketones (excluding diaryl/α,β-unsaturated/α-hetero) is 1. The lowest BCUT2D eigenvalue weighted by Crippen LogP contribution is -2.39. The number of ether oxygens (including phenoxy) is 1. The van der Waals surface area contributed by atoms with Crippen LogP contribution in [0.5, 0.6) is 0 Å². The Morgan fingerprint density at radius 1 is 1.00 bits per heavy atom. The number of aromatic amines is 1. The van der Waals surface area contributed by atoms with Crippen molar-refractivity contribution in [2.45, 2.75) is 38.5 Å². The van der Waals surface area contributed by atoms with E-state index in [2.05, 4.69) is 58.8 Å². The Kier molecular flexibility index (Phi) is 5.60. The average Bonchev–Trinajstić information content (AvgIpc) is 3.18. The monoisotopic (exact) mass is 456 g/mol. The van der Waals surface area contributed by atoms with E-state index in [0.717, 1.165) is 6.42 Å². The minimum atomic E-state index is -0.554. The maximum atomic E-state index is 12.9. The third kappa shape index (κ3) is 3.54. The van der Waals surface area contributed by atoms with Gasteiger partial charge in [-0.05, 0) is 47.1 Å². The van der Waals surface area contributed by atoms with E-state index in [1.807, 2.05) is 0 Å². The molecule has 0 saturated carbocycles. The standard InChI is InChI=1S/C28H28N2O4/c1-15-25(28(33)34-3)23(30-27(15)16(2)31)13-24(32)29-14-17-12-22-18-8-4-6-10-20(18)26(17)21-11-7-5-9-19(21)22/h4-11,17,22,26,30H,12-14H2,1-3H3,(H,29,32). The molecule has 174 valence electrons. The molecule has 3 aromatic rings. The summed E-state index contributed by atoms with van der Waals surface area (Å²) >= 11 is 0. The summed E-state index contributed by atoms with van der Waals surface area (Å²) in [6.45, 7) is 3.67. The van der Waals surface area contributed by atoms with Crippen LogP contribution in [-0.2, 0) is 16.0 Å². The number of H-pyrrole nitrogens is 1. The lowest BCUT2D eigenvalue weighted by molar-refractivity contribution is -0.120. The summed E-state index contributed by atoms with van der Waals surface area (Å²) in [6, 6.07) is 17.3. The molecule has 3 aliphatic rings. The van der Waals surface area contributed by atoms with Crippen LogP contribution in [0.15, 0.2) is 48.5 Å². The number of esters is 1. The topological polar surface area (TPSA) is 88.3 Å². The third-order valence-electron chi connectivity index (χ3n) is 7.39. The van der Waals surface area contributed by atoms with Gasteiger partial charge in [0.25, 0.3) is 0 Å². The summed E-state index contributed by atoms with van der Waals surface area (Å²) < 4.78 is 4.89. The zero-order valence-corrected chi connectivity index (χ0v) is 19.6. The van der Waals surface area contributed by atoms with Gasteiger partial charge in [0, 0.05) is 31.0 Å². The van der Waals surface area contributed by atoms with Crippen LogP contribution < -0.4 is 5.32 Å². The van der Waals surface area contributed by atoms with Crippen LogP contribution in [0.1, 0.15) is 79.5 Å². The molecule has 6 nitrogen and oxygen atoms in total. The van der Waals surface area contributed by atoms with Crippen LogP contribution in [0, 0.1) is 12.8 Å². The van der Waals surface area contributed by atoms with Crippen LogP contribution in [0.4, 0.5) is 0 Å². The molecule has 2 bridgehead atoms. The average molecular weight is 457 g/mol. The molecule has 3 aliphatic carbocycles. The van der Waals surface area contributed by atoms with E-state index in [9.17, 15) is 14.4 Å². The first-order chi connectivity index (χ1) is 16.4. The Morgan fingerprint density at radius 3 is 2.15 bits per heavy atom. The lowest BCUT2D eigenvalue weighted by atomic mass is 9.59. The van der Waals surface area contributed by atoms with Gasteiger partial charge in [-0.1, -0.05) is 48.5 Å². The molecule has 0 saturated heterocycles. The van der Waals surface area contributed by atoms with Crippen LogP contribution in [0.3, 0.4) is 0 Å². The van der Waals surface area contributed by atoms with E-state index in [4.69, 9.17) is 4.74 Å². The molecule has 1 unspecified atom stereocenters. The highest BCUT2D eigenvalue weighted by Crippen LogP contribution is 2.55. The molecular formula is C28H28N2O4. The van der Waals surface area contributed by atoms with Gasteiger partial charge in [-0.25, -0.2) is 4.79 Å². The van der Waals surface area contributed by atoms with Crippen molar-refractivity contribution in [3.63, 3.8) is 0 Å². The molecule has 6 rings (SSSR count). The molecule has 0 aliphatic heterocycles. The first-order valence-corrected chi connectivity index (χ1v) is 11.7.